The lowest BCUT2D eigenvalue weighted by Crippen LogP contribution is -2.14. The Morgan fingerprint density at radius 3 is 2.53 bits per heavy atom. The van der Waals surface area contributed by atoms with E-state index in [1.807, 2.05) is 50.4 Å². The molecular formula is C25H31Cl2N3OS. The Kier molecular flexibility index (Phi) is 9.50. The fourth-order valence-electron chi connectivity index (χ4n) is 3.64. The molecule has 1 aliphatic rings. The number of thiol groups is 1. The molecule has 1 atom stereocenters. The number of aliphatic hydroxyl groups excluding tert-OH is 1. The van der Waals surface area contributed by atoms with Crippen molar-refractivity contribution in [3.63, 3.8) is 0 Å². The zero-order chi connectivity index (χ0) is 23.1. The van der Waals surface area contributed by atoms with Crippen molar-refractivity contribution < 1.29 is 5.11 Å². The van der Waals surface area contributed by atoms with Gasteiger partial charge < -0.3 is 10.1 Å². The topological polar surface area (TPSA) is 60.9 Å². The van der Waals surface area contributed by atoms with Crippen LogP contribution in [0.1, 0.15) is 56.6 Å². The van der Waals surface area contributed by atoms with Crippen molar-refractivity contribution >= 4 is 36.0 Å². The van der Waals surface area contributed by atoms with Crippen LogP contribution in [0.4, 0.5) is 0 Å². The zero-order valence-corrected chi connectivity index (χ0v) is 20.9. The molecule has 4 rings (SSSR count). The van der Waals surface area contributed by atoms with E-state index in [0.29, 0.717) is 36.7 Å². The largest absolute Gasteiger partial charge is 0.393 e. The number of nitrogens with one attached hydrogen (secondary N) is 2. The van der Waals surface area contributed by atoms with E-state index in [0.717, 1.165) is 33.2 Å². The van der Waals surface area contributed by atoms with Gasteiger partial charge in [0.05, 0.1) is 18.0 Å². The molecule has 0 saturated heterocycles. The van der Waals surface area contributed by atoms with Gasteiger partial charge in [-0.15, -0.1) is 0 Å². The van der Waals surface area contributed by atoms with Gasteiger partial charge in [0.1, 0.15) is 5.82 Å². The molecule has 3 N–H and O–H groups in total. The van der Waals surface area contributed by atoms with Crippen LogP contribution in [0.5, 0.6) is 0 Å². The molecule has 1 unspecified atom stereocenters. The molecule has 0 spiro atoms. The highest BCUT2D eigenvalue weighted by molar-refractivity contribution is 7.78. The van der Waals surface area contributed by atoms with Crippen molar-refractivity contribution in [2.45, 2.75) is 58.0 Å². The number of H-pyrrole nitrogens is 1. The van der Waals surface area contributed by atoms with E-state index in [1.165, 1.54) is 18.4 Å². The average molecular weight is 493 g/mol. The molecule has 1 fully saturated rings. The summed E-state index contributed by atoms with van der Waals surface area (Å²) in [5.74, 6) is 1.39. The van der Waals surface area contributed by atoms with Crippen LogP contribution in [0.15, 0.2) is 42.6 Å². The Labute approximate surface area is 206 Å². The van der Waals surface area contributed by atoms with E-state index in [4.69, 9.17) is 23.2 Å². The maximum atomic E-state index is 10.1. The monoisotopic (exact) mass is 491 g/mol. The normalized spacial score (nSPS) is 14.1. The first kappa shape index (κ1) is 25.1. The standard InChI is InChI=1S/C23H25Cl2N3OS.C2H6/c24-20-7-5-17(11-15(20)3-6-18(29)9-10-27-30)23-26-13-22(28-23)16-4-8-21(25)19(12-16)14-1-2-14;1-2/h4-5,7-8,11-14,18,27,29-30H,1-3,6,9-10H2,(H,26,28);1-2H3. The molecule has 172 valence electrons. The molecule has 7 heteroatoms. The third-order valence-corrected chi connectivity index (χ3v) is 6.49. The Morgan fingerprint density at radius 1 is 1.09 bits per heavy atom. The molecule has 4 nitrogen and oxygen atoms in total. The first-order valence-corrected chi connectivity index (χ1v) is 12.4. The molecule has 32 heavy (non-hydrogen) atoms. The summed E-state index contributed by atoms with van der Waals surface area (Å²) in [5.41, 5.74) is 5.27. The smallest absolute Gasteiger partial charge is 0.137 e. The summed E-state index contributed by atoms with van der Waals surface area (Å²) >= 11 is 16.7. The molecule has 0 aliphatic heterocycles. The highest BCUT2D eigenvalue weighted by Gasteiger charge is 2.26. The van der Waals surface area contributed by atoms with Gasteiger partial charge in [-0.05, 0) is 85.0 Å². The average Bonchev–Trinajstić information content (AvgIpc) is 3.54. The van der Waals surface area contributed by atoms with Crippen LogP contribution in [0.3, 0.4) is 0 Å². The van der Waals surface area contributed by atoms with Crippen molar-refractivity contribution in [2.75, 3.05) is 6.54 Å². The highest BCUT2D eigenvalue weighted by atomic mass is 35.5. The first-order valence-electron chi connectivity index (χ1n) is 11.2. The predicted octanol–water partition coefficient (Wildman–Crippen LogP) is 7.07. The van der Waals surface area contributed by atoms with E-state index < -0.39 is 0 Å². The van der Waals surface area contributed by atoms with Gasteiger partial charge in [-0.25, -0.2) is 4.98 Å². The summed E-state index contributed by atoms with van der Waals surface area (Å²) in [6, 6.07) is 12.1. The van der Waals surface area contributed by atoms with Crippen LogP contribution in [0.25, 0.3) is 22.6 Å². The summed E-state index contributed by atoms with van der Waals surface area (Å²) in [4.78, 5) is 8.01. The summed E-state index contributed by atoms with van der Waals surface area (Å²) in [5, 5.41) is 11.6. The third kappa shape index (κ3) is 6.52. The SMILES string of the molecule is CC.OC(CCNS)CCc1cc(-c2ncc(-c3ccc(Cl)c(C4CC4)c3)[nH]2)ccc1Cl. The second kappa shape index (κ2) is 12.1. The number of hydrogen-bond acceptors (Lipinski definition) is 4. The maximum Gasteiger partial charge on any atom is 0.137 e. The van der Waals surface area contributed by atoms with Gasteiger partial charge in [0, 0.05) is 22.2 Å². The Hall–Kier alpha value is -1.50. The van der Waals surface area contributed by atoms with Crippen LogP contribution in [0, 0.1) is 0 Å². The minimum atomic E-state index is -0.384. The fraction of sp³-hybridized carbons (Fsp3) is 0.400. The van der Waals surface area contributed by atoms with Gasteiger partial charge in [-0.1, -0.05) is 55.9 Å². The van der Waals surface area contributed by atoms with Gasteiger partial charge >= 0.3 is 0 Å². The third-order valence-electron chi connectivity index (χ3n) is 5.56. The number of aromatic amines is 1. The van der Waals surface area contributed by atoms with Gasteiger partial charge in [-0.2, -0.15) is 0 Å². The maximum absolute atomic E-state index is 10.1. The number of hydrogen-bond donors (Lipinski definition) is 4. The van der Waals surface area contributed by atoms with Crippen LogP contribution >= 0.6 is 36.0 Å². The van der Waals surface area contributed by atoms with E-state index in [2.05, 4.69) is 33.6 Å². The van der Waals surface area contributed by atoms with Gasteiger partial charge in [0.25, 0.3) is 0 Å². The van der Waals surface area contributed by atoms with E-state index in [-0.39, 0.29) is 6.10 Å². The lowest BCUT2D eigenvalue weighted by Gasteiger charge is -2.11. The molecule has 1 heterocycles. The number of halogens is 2. The number of aliphatic hydroxyl groups is 1. The number of aryl methyl sites for hydroxylation is 1. The molecule has 1 saturated carbocycles. The molecule has 0 amide bonds. The fourth-order valence-corrected chi connectivity index (χ4v) is 4.26. The molecule has 1 aromatic heterocycles. The predicted molar refractivity (Wildman–Crippen MR) is 139 cm³/mol. The van der Waals surface area contributed by atoms with Gasteiger partial charge in [0.15, 0.2) is 0 Å². The van der Waals surface area contributed by atoms with Gasteiger partial charge in [0.2, 0.25) is 0 Å². The summed E-state index contributed by atoms with van der Waals surface area (Å²) in [7, 11) is 0. The first-order chi connectivity index (χ1) is 15.5. The molecular weight excluding hydrogens is 461 g/mol. The van der Waals surface area contributed by atoms with Crippen LogP contribution in [-0.4, -0.2) is 27.7 Å². The quantitative estimate of drug-likeness (QED) is 0.242. The lowest BCUT2D eigenvalue weighted by atomic mass is 10.0. The Bertz CT molecular complexity index is 1020. The van der Waals surface area contributed by atoms with Crippen molar-refractivity contribution in [3.05, 3.63) is 63.8 Å². The molecule has 1 aliphatic carbocycles. The van der Waals surface area contributed by atoms with E-state index >= 15 is 0 Å². The number of benzene rings is 2. The van der Waals surface area contributed by atoms with Crippen molar-refractivity contribution in [2.24, 2.45) is 0 Å². The van der Waals surface area contributed by atoms with Crippen molar-refractivity contribution in [1.82, 2.24) is 14.7 Å². The summed E-state index contributed by atoms with van der Waals surface area (Å²) in [6.45, 7) is 4.67. The Balaban J connectivity index is 0.00000141. The summed E-state index contributed by atoms with van der Waals surface area (Å²) < 4.78 is 2.76. The van der Waals surface area contributed by atoms with Crippen LogP contribution in [0.2, 0.25) is 10.0 Å². The number of aromatic nitrogens is 2. The lowest BCUT2D eigenvalue weighted by molar-refractivity contribution is 0.156. The second-order valence-corrected chi connectivity index (χ2v) is 8.98. The Morgan fingerprint density at radius 2 is 1.81 bits per heavy atom. The second-order valence-electron chi connectivity index (χ2n) is 7.85. The van der Waals surface area contributed by atoms with Crippen molar-refractivity contribution in [3.8, 4) is 22.6 Å². The minimum Gasteiger partial charge on any atom is -0.393 e. The van der Waals surface area contributed by atoms with Gasteiger partial charge in [-0.3, -0.25) is 4.72 Å². The molecule has 3 aromatic rings. The number of imidazole rings is 1. The minimum absolute atomic E-state index is 0.384. The number of nitrogens with zero attached hydrogens (tertiary/aromatic N) is 1. The number of rotatable bonds is 9. The molecule has 0 radical (unpaired) electrons. The van der Waals surface area contributed by atoms with E-state index in [9.17, 15) is 5.11 Å². The van der Waals surface area contributed by atoms with Crippen molar-refractivity contribution in [1.29, 1.82) is 0 Å². The zero-order valence-electron chi connectivity index (χ0n) is 18.5. The molecule has 2 aromatic carbocycles. The van der Waals surface area contributed by atoms with Crippen LogP contribution < -0.4 is 4.72 Å². The highest BCUT2D eigenvalue weighted by Crippen LogP contribution is 2.44. The summed E-state index contributed by atoms with van der Waals surface area (Å²) in [6.07, 6.45) is 5.91. The van der Waals surface area contributed by atoms with E-state index in [1.54, 1.807) is 0 Å². The van der Waals surface area contributed by atoms with Crippen LogP contribution in [-0.2, 0) is 6.42 Å². The molecule has 0 bridgehead atoms.